The summed E-state index contributed by atoms with van der Waals surface area (Å²) in [5, 5.41) is 0. The molecule has 3 heteroatoms. The van der Waals surface area contributed by atoms with E-state index in [1.165, 1.54) is 17.7 Å². The first-order valence-corrected chi connectivity index (χ1v) is 5.90. The van der Waals surface area contributed by atoms with Crippen LogP contribution in [0.25, 0.3) is 0 Å². The van der Waals surface area contributed by atoms with Gasteiger partial charge in [-0.2, -0.15) is 13.2 Å². The second kappa shape index (κ2) is 6.98. The second-order valence-electron chi connectivity index (χ2n) is 4.27. The van der Waals surface area contributed by atoms with E-state index in [4.69, 9.17) is 0 Å². The van der Waals surface area contributed by atoms with E-state index in [-0.39, 0.29) is 0 Å². The van der Waals surface area contributed by atoms with Gasteiger partial charge < -0.3 is 0 Å². The van der Waals surface area contributed by atoms with Crippen molar-refractivity contribution < 1.29 is 13.2 Å². The smallest absolute Gasteiger partial charge is 0.166 e. The Balaban J connectivity index is 0.000000191. The van der Waals surface area contributed by atoms with Crippen LogP contribution in [0, 0.1) is 12.1 Å². The zero-order chi connectivity index (χ0) is 14.3. The Morgan fingerprint density at radius 2 is 1.26 bits per heavy atom. The van der Waals surface area contributed by atoms with Crippen molar-refractivity contribution in [1.82, 2.24) is 0 Å². The highest BCUT2D eigenvalue weighted by Gasteiger charge is 2.29. The van der Waals surface area contributed by atoms with E-state index >= 15 is 0 Å². The number of benzene rings is 2. The van der Waals surface area contributed by atoms with Crippen molar-refractivity contribution in [2.24, 2.45) is 0 Å². The van der Waals surface area contributed by atoms with Crippen molar-refractivity contribution in [2.45, 2.75) is 25.9 Å². The van der Waals surface area contributed by atoms with E-state index in [1.807, 2.05) is 12.1 Å². The largest absolute Gasteiger partial charge is 0.416 e. The molecule has 0 aliphatic heterocycles. The monoisotopic (exact) mass is 264 g/mol. The lowest BCUT2D eigenvalue weighted by atomic mass is 10.0. The van der Waals surface area contributed by atoms with Crippen molar-refractivity contribution in [3.05, 3.63) is 71.8 Å². The normalized spacial score (nSPS) is 10.8. The average Bonchev–Trinajstić information content (AvgIpc) is 2.40. The molecule has 0 saturated carbocycles. The van der Waals surface area contributed by atoms with Crippen LogP contribution in [0.1, 0.15) is 30.9 Å². The van der Waals surface area contributed by atoms with Crippen molar-refractivity contribution >= 4 is 0 Å². The van der Waals surface area contributed by atoms with Crippen LogP contribution in [-0.2, 0) is 6.18 Å². The fourth-order valence-electron chi connectivity index (χ4n) is 1.36. The van der Waals surface area contributed by atoms with Gasteiger partial charge in [-0.15, -0.1) is 0 Å². The summed E-state index contributed by atoms with van der Waals surface area (Å²) in [6, 6.07) is 18.1. The summed E-state index contributed by atoms with van der Waals surface area (Å²) in [4.78, 5) is 0. The maximum absolute atomic E-state index is 11.8. The first kappa shape index (κ1) is 15.3. The molecule has 0 aromatic heterocycles. The van der Waals surface area contributed by atoms with Gasteiger partial charge in [-0.3, -0.25) is 0 Å². The van der Waals surface area contributed by atoms with Crippen LogP contribution in [0.2, 0.25) is 0 Å². The van der Waals surface area contributed by atoms with E-state index in [0.29, 0.717) is 5.92 Å². The van der Waals surface area contributed by atoms with Crippen molar-refractivity contribution in [3.8, 4) is 0 Å². The van der Waals surface area contributed by atoms with Crippen LogP contribution < -0.4 is 0 Å². The summed E-state index contributed by atoms with van der Waals surface area (Å²) < 4.78 is 35.3. The molecule has 19 heavy (non-hydrogen) atoms. The van der Waals surface area contributed by atoms with Gasteiger partial charge in [0.1, 0.15) is 0 Å². The lowest BCUT2D eigenvalue weighted by molar-refractivity contribution is -0.137. The van der Waals surface area contributed by atoms with Gasteiger partial charge in [0.05, 0.1) is 5.56 Å². The summed E-state index contributed by atoms with van der Waals surface area (Å²) in [7, 11) is 0. The number of hydrogen-bond donors (Lipinski definition) is 0. The highest BCUT2D eigenvalue weighted by molar-refractivity contribution is 5.17. The lowest BCUT2D eigenvalue weighted by Crippen LogP contribution is -2.03. The van der Waals surface area contributed by atoms with Crippen molar-refractivity contribution in [2.75, 3.05) is 0 Å². The Labute approximate surface area is 111 Å². The molecule has 0 fully saturated rings. The second-order valence-corrected chi connectivity index (χ2v) is 4.27. The van der Waals surface area contributed by atoms with Crippen LogP contribution in [0.5, 0.6) is 0 Å². The summed E-state index contributed by atoms with van der Waals surface area (Å²) in [6.07, 6.45) is -4.23. The minimum atomic E-state index is -4.23. The molecule has 2 rings (SSSR count). The third-order valence-electron chi connectivity index (χ3n) is 2.46. The van der Waals surface area contributed by atoms with Gasteiger partial charge in [0.25, 0.3) is 0 Å². The molecule has 2 aromatic rings. The molecule has 0 saturated heterocycles. The molecule has 2 radical (unpaired) electrons. The molecule has 0 N–H and O–H groups in total. The molecule has 0 aliphatic rings. The van der Waals surface area contributed by atoms with Gasteiger partial charge in [-0.1, -0.05) is 50.2 Å². The molecular formula is C16H15F3. The van der Waals surface area contributed by atoms with Crippen LogP contribution in [0.3, 0.4) is 0 Å². The zero-order valence-corrected chi connectivity index (χ0v) is 10.8. The third-order valence-corrected chi connectivity index (χ3v) is 2.46. The molecule has 2 aromatic carbocycles. The molecule has 100 valence electrons. The van der Waals surface area contributed by atoms with Crippen LogP contribution >= 0.6 is 0 Å². The molecule has 0 unspecified atom stereocenters. The molecule has 0 amide bonds. The Bertz CT molecular complexity index is 458. The first-order valence-electron chi connectivity index (χ1n) is 5.90. The Morgan fingerprint density at radius 3 is 1.53 bits per heavy atom. The molecule has 0 spiro atoms. The minimum absolute atomic E-state index is 0.633. The van der Waals surface area contributed by atoms with Crippen LogP contribution in [-0.4, -0.2) is 0 Å². The average molecular weight is 264 g/mol. The molecular weight excluding hydrogens is 249 g/mol. The highest BCUT2D eigenvalue weighted by atomic mass is 19.4. The quantitative estimate of drug-likeness (QED) is 0.671. The summed E-state index contributed by atoms with van der Waals surface area (Å²) in [5.41, 5.74) is 0.750. The number of halogens is 3. The highest BCUT2D eigenvalue weighted by Crippen LogP contribution is 2.28. The number of alkyl halides is 3. The Hall–Kier alpha value is -1.77. The fraction of sp³-hybridized carbons (Fsp3) is 0.250. The van der Waals surface area contributed by atoms with E-state index < -0.39 is 11.7 Å². The van der Waals surface area contributed by atoms with Crippen LogP contribution in [0.15, 0.2) is 48.5 Å². The van der Waals surface area contributed by atoms with E-state index in [9.17, 15) is 13.2 Å². The van der Waals surface area contributed by atoms with Crippen LogP contribution in [0.4, 0.5) is 13.2 Å². The topological polar surface area (TPSA) is 0 Å². The maximum Gasteiger partial charge on any atom is 0.416 e. The Kier molecular flexibility index (Phi) is 5.61. The molecule has 0 atom stereocenters. The number of rotatable bonds is 1. The molecule has 0 aliphatic carbocycles. The van der Waals surface area contributed by atoms with E-state index in [0.717, 1.165) is 12.1 Å². The molecule has 0 nitrogen and oxygen atoms in total. The Morgan fingerprint density at radius 1 is 0.842 bits per heavy atom. The fourth-order valence-corrected chi connectivity index (χ4v) is 1.36. The molecule has 0 bridgehead atoms. The third kappa shape index (κ3) is 5.60. The van der Waals surface area contributed by atoms with Gasteiger partial charge >= 0.3 is 6.18 Å². The number of hydrogen-bond acceptors (Lipinski definition) is 0. The van der Waals surface area contributed by atoms with E-state index in [1.54, 1.807) is 0 Å². The standard InChI is InChI=1S/C9H11.C7H4F3/c1-8(2)9-6-4-3-5-7-9;8-7(9,10)6-4-2-1-3-5-6/h4-8H,1-2H3;2-5H. The predicted molar refractivity (Wildman–Crippen MR) is 69.6 cm³/mol. The summed E-state index contributed by atoms with van der Waals surface area (Å²) in [5.74, 6) is 0.639. The lowest BCUT2D eigenvalue weighted by Gasteiger charge is -2.03. The summed E-state index contributed by atoms with van der Waals surface area (Å²) >= 11 is 0. The van der Waals surface area contributed by atoms with Gasteiger partial charge in [0.15, 0.2) is 0 Å². The van der Waals surface area contributed by atoms with Gasteiger partial charge in [-0.05, 0) is 35.7 Å². The molecule has 0 heterocycles. The van der Waals surface area contributed by atoms with E-state index in [2.05, 4.69) is 38.1 Å². The van der Waals surface area contributed by atoms with Gasteiger partial charge in [-0.25, -0.2) is 0 Å². The van der Waals surface area contributed by atoms with Gasteiger partial charge in [0, 0.05) is 0 Å². The maximum atomic E-state index is 11.8. The minimum Gasteiger partial charge on any atom is -0.166 e. The predicted octanol–water partition coefficient (Wildman–Crippen LogP) is 5.12. The van der Waals surface area contributed by atoms with Crippen molar-refractivity contribution in [3.63, 3.8) is 0 Å². The summed E-state index contributed by atoms with van der Waals surface area (Å²) in [6.45, 7) is 4.38. The van der Waals surface area contributed by atoms with Crippen molar-refractivity contribution in [1.29, 1.82) is 0 Å². The zero-order valence-electron chi connectivity index (χ0n) is 10.8. The van der Waals surface area contributed by atoms with Gasteiger partial charge in [0.2, 0.25) is 0 Å². The first-order chi connectivity index (χ1) is 8.91. The SMILES string of the molecule is CC(C)c1cc[c]cc1.FC(F)(F)c1cc[c]cc1.